The van der Waals surface area contributed by atoms with E-state index in [1.807, 2.05) is 6.07 Å². The van der Waals surface area contributed by atoms with Gasteiger partial charge in [0.15, 0.2) is 6.61 Å². The molecule has 0 spiro atoms. The van der Waals surface area contributed by atoms with Gasteiger partial charge in [-0.1, -0.05) is 29.8 Å². The molecule has 0 saturated carbocycles. The summed E-state index contributed by atoms with van der Waals surface area (Å²) in [5.41, 5.74) is 0.893. The first-order valence-electron chi connectivity index (χ1n) is 9.15. The van der Waals surface area contributed by atoms with Crippen LogP contribution in [0.3, 0.4) is 0 Å². The van der Waals surface area contributed by atoms with Crippen molar-refractivity contribution < 1.29 is 22.7 Å². The highest BCUT2D eigenvalue weighted by Gasteiger charge is 2.27. The molecule has 0 radical (unpaired) electrons. The zero-order valence-electron chi connectivity index (χ0n) is 15.6. The third-order valence-electron chi connectivity index (χ3n) is 4.49. The Labute approximate surface area is 174 Å². The van der Waals surface area contributed by atoms with Crippen LogP contribution >= 0.6 is 11.6 Å². The van der Waals surface area contributed by atoms with Crippen molar-refractivity contribution in [3.63, 3.8) is 0 Å². The van der Waals surface area contributed by atoms with Crippen LogP contribution in [0, 0.1) is 0 Å². The molecule has 1 saturated heterocycles. The number of ether oxygens (including phenoxy) is 1. The zero-order chi connectivity index (χ0) is 20.9. The van der Waals surface area contributed by atoms with E-state index in [4.69, 9.17) is 16.3 Å². The van der Waals surface area contributed by atoms with E-state index in [1.165, 1.54) is 28.6 Å². The molecule has 0 unspecified atom stereocenters. The van der Waals surface area contributed by atoms with Gasteiger partial charge in [0, 0.05) is 24.7 Å². The third kappa shape index (κ3) is 5.56. The molecule has 9 heteroatoms. The summed E-state index contributed by atoms with van der Waals surface area (Å²) in [5, 5.41) is 3.19. The van der Waals surface area contributed by atoms with E-state index in [2.05, 4.69) is 5.32 Å². The van der Waals surface area contributed by atoms with E-state index in [9.17, 15) is 18.0 Å². The summed E-state index contributed by atoms with van der Waals surface area (Å²) >= 11 is 5.89. The number of benzene rings is 2. The first-order valence-corrected chi connectivity index (χ1v) is 11.0. The smallest absolute Gasteiger partial charge is 0.338 e. The van der Waals surface area contributed by atoms with Gasteiger partial charge < -0.3 is 10.1 Å². The van der Waals surface area contributed by atoms with Crippen LogP contribution in [0.15, 0.2) is 53.4 Å². The van der Waals surface area contributed by atoms with Gasteiger partial charge in [-0.05, 0) is 48.7 Å². The van der Waals surface area contributed by atoms with Crippen molar-refractivity contribution in [1.82, 2.24) is 9.62 Å². The average molecular weight is 437 g/mol. The molecule has 1 amide bonds. The Kier molecular flexibility index (Phi) is 6.89. The number of hydrogen-bond acceptors (Lipinski definition) is 5. The molecule has 0 aliphatic carbocycles. The van der Waals surface area contributed by atoms with Crippen molar-refractivity contribution in [2.45, 2.75) is 24.3 Å². The number of carbonyl (C=O) groups is 2. The molecule has 0 aromatic heterocycles. The van der Waals surface area contributed by atoms with Crippen LogP contribution in [0.4, 0.5) is 0 Å². The Hall–Kier alpha value is -2.42. The lowest BCUT2D eigenvalue weighted by Gasteiger charge is -2.15. The number of esters is 1. The van der Waals surface area contributed by atoms with Crippen molar-refractivity contribution in [1.29, 1.82) is 0 Å². The van der Waals surface area contributed by atoms with Crippen molar-refractivity contribution in [2.24, 2.45) is 0 Å². The molecule has 1 fully saturated rings. The highest BCUT2D eigenvalue weighted by molar-refractivity contribution is 7.89. The Morgan fingerprint density at radius 2 is 1.79 bits per heavy atom. The number of halogens is 1. The number of hydrogen-bond donors (Lipinski definition) is 1. The van der Waals surface area contributed by atoms with Gasteiger partial charge in [-0.2, -0.15) is 4.31 Å². The first-order chi connectivity index (χ1) is 13.9. The molecule has 3 rings (SSSR count). The fourth-order valence-corrected chi connectivity index (χ4v) is 4.75. The first kappa shape index (κ1) is 21.3. The van der Waals surface area contributed by atoms with Gasteiger partial charge >= 0.3 is 5.97 Å². The predicted molar refractivity (Wildman–Crippen MR) is 108 cm³/mol. The molecule has 1 aliphatic rings. The van der Waals surface area contributed by atoms with Crippen LogP contribution in [-0.2, 0) is 26.1 Å². The van der Waals surface area contributed by atoms with Crippen LogP contribution in [0.5, 0.6) is 0 Å². The van der Waals surface area contributed by atoms with Crippen LogP contribution in [0.25, 0.3) is 0 Å². The van der Waals surface area contributed by atoms with Gasteiger partial charge in [0.05, 0.1) is 10.5 Å². The molecule has 1 heterocycles. The number of carbonyl (C=O) groups excluding carboxylic acids is 2. The summed E-state index contributed by atoms with van der Waals surface area (Å²) in [6, 6.07) is 12.7. The molecule has 1 aliphatic heterocycles. The molecule has 154 valence electrons. The summed E-state index contributed by atoms with van der Waals surface area (Å²) < 4.78 is 31.7. The molecule has 2 aromatic carbocycles. The lowest BCUT2D eigenvalue weighted by atomic mass is 10.2. The molecular weight excluding hydrogens is 416 g/mol. The van der Waals surface area contributed by atoms with E-state index < -0.39 is 28.5 Å². The molecule has 0 bridgehead atoms. The third-order valence-corrected chi connectivity index (χ3v) is 6.62. The summed E-state index contributed by atoms with van der Waals surface area (Å²) in [6.45, 7) is 0.733. The standard InChI is InChI=1S/C20H21ClN2O5S/c21-17-7-3-5-15(11-17)13-22-19(24)14-28-20(25)16-6-4-8-18(12-16)29(26,27)23-9-1-2-10-23/h3-8,11-12H,1-2,9-10,13-14H2,(H,22,24). The zero-order valence-corrected chi connectivity index (χ0v) is 17.2. The molecule has 1 N–H and O–H groups in total. The predicted octanol–water partition coefficient (Wildman–Crippen LogP) is 2.60. The van der Waals surface area contributed by atoms with Crippen LogP contribution in [-0.4, -0.2) is 44.3 Å². The van der Waals surface area contributed by atoms with E-state index in [0.29, 0.717) is 18.1 Å². The van der Waals surface area contributed by atoms with Crippen LogP contribution in [0.2, 0.25) is 5.02 Å². The summed E-state index contributed by atoms with van der Waals surface area (Å²) in [7, 11) is -3.63. The number of amides is 1. The highest BCUT2D eigenvalue weighted by atomic mass is 35.5. The normalized spacial score (nSPS) is 14.5. The second kappa shape index (κ2) is 9.39. The number of nitrogens with one attached hydrogen (secondary N) is 1. The van der Waals surface area contributed by atoms with Crippen molar-refractivity contribution in [3.8, 4) is 0 Å². The second-order valence-electron chi connectivity index (χ2n) is 6.62. The van der Waals surface area contributed by atoms with Gasteiger partial charge in [0.1, 0.15) is 0 Å². The minimum Gasteiger partial charge on any atom is -0.452 e. The lowest BCUT2D eigenvalue weighted by Crippen LogP contribution is -2.29. The largest absolute Gasteiger partial charge is 0.452 e. The topological polar surface area (TPSA) is 92.8 Å². The maximum absolute atomic E-state index is 12.6. The fraction of sp³-hybridized carbons (Fsp3) is 0.300. The Bertz CT molecular complexity index is 1000. The van der Waals surface area contributed by atoms with E-state index >= 15 is 0 Å². The lowest BCUT2D eigenvalue weighted by molar-refractivity contribution is -0.124. The molecule has 29 heavy (non-hydrogen) atoms. The van der Waals surface area contributed by atoms with Crippen LogP contribution < -0.4 is 5.32 Å². The fourth-order valence-electron chi connectivity index (χ4n) is 2.97. The quantitative estimate of drug-likeness (QED) is 0.673. The number of rotatable bonds is 7. The average Bonchev–Trinajstić information content (AvgIpc) is 3.26. The molecule has 2 aromatic rings. The number of nitrogens with zero attached hydrogens (tertiary/aromatic N) is 1. The molecule has 0 atom stereocenters. The van der Waals surface area contributed by atoms with Crippen molar-refractivity contribution in [3.05, 3.63) is 64.7 Å². The number of sulfonamides is 1. The van der Waals surface area contributed by atoms with Crippen molar-refractivity contribution >= 4 is 33.5 Å². The Morgan fingerprint density at radius 1 is 1.07 bits per heavy atom. The summed E-state index contributed by atoms with van der Waals surface area (Å²) in [5.74, 6) is -1.24. The summed E-state index contributed by atoms with van der Waals surface area (Å²) in [6.07, 6.45) is 1.65. The highest BCUT2D eigenvalue weighted by Crippen LogP contribution is 2.21. The minimum absolute atomic E-state index is 0.0410. The van der Waals surface area contributed by atoms with Gasteiger partial charge in [-0.25, -0.2) is 13.2 Å². The maximum atomic E-state index is 12.6. The maximum Gasteiger partial charge on any atom is 0.338 e. The summed E-state index contributed by atoms with van der Waals surface area (Å²) in [4.78, 5) is 24.2. The van der Waals surface area contributed by atoms with Gasteiger partial charge in [0.25, 0.3) is 5.91 Å². The van der Waals surface area contributed by atoms with Gasteiger partial charge in [0.2, 0.25) is 10.0 Å². The van der Waals surface area contributed by atoms with Gasteiger partial charge in [-0.3, -0.25) is 4.79 Å². The van der Waals surface area contributed by atoms with E-state index in [1.54, 1.807) is 18.2 Å². The second-order valence-corrected chi connectivity index (χ2v) is 9.00. The van der Waals surface area contributed by atoms with E-state index in [-0.39, 0.29) is 17.0 Å². The van der Waals surface area contributed by atoms with Gasteiger partial charge in [-0.15, -0.1) is 0 Å². The monoisotopic (exact) mass is 436 g/mol. The minimum atomic E-state index is -3.63. The molecular formula is C20H21ClN2O5S. The molecule has 7 nitrogen and oxygen atoms in total. The van der Waals surface area contributed by atoms with Crippen LogP contribution in [0.1, 0.15) is 28.8 Å². The Morgan fingerprint density at radius 3 is 2.52 bits per heavy atom. The van der Waals surface area contributed by atoms with E-state index in [0.717, 1.165) is 18.4 Å². The SMILES string of the molecule is O=C(COC(=O)c1cccc(S(=O)(=O)N2CCCC2)c1)NCc1cccc(Cl)c1. The van der Waals surface area contributed by atoms with Crippen molar-refractivity contribution in [2.75, 3.05) is 19.7 Å². The Balaban J connectivity index is 1.56.